The van der Waals surface area contributed by atoms with Crippen LogP contribution in [0.2, 0.25) is 5.02 Å². The molecule has 6 nitrogen and oxygen atoms in total. The lowest BCUT2D eigenvalue weighted by molar-refractivity contribution is 0.200. The van der Waals surface area contributed by atoms with Gasteiger partial charge in [-0.15, -0.1) is 0 Å². The molecule has 0 amide bonds. The van der Waals surface area contributed by atoms with Gasteiger partial charge in [0.15, 0.2) is 0 Å². The van der Waals surface area contributed by atoms with Crippen molar-refractivity contribution in [2.75, 3.05) is 12.0 Å². The van der Waals surface area contributed by atoms with Crippen LogP contribution in [0, 0.1) is 6.92 Å². The van der Waals surface area contributed by atoms with Crippen molar-refractivity contribution in [2.24, 2.45) is 0 Å². The van der Waals surface area contributed by atoms with Gasteiger partial charge in [-0.1, -0.05) is 24.6 Å². The number of nitrogens with one attached hydrogen (secondary N) is 2. The molecule has 2 heterocycles. The molecule has 24 heavy (non-hydrogen) atoms. The topological polar surface area (TPSA) is 70.1 Å². The molecule has 1 aromatic heterocycles. The van der Waals surface area contributed by atoms with Crippen LogP contribution in [0.15, 0.2) is 27.8 Å². The van der Waals surface area contributed by atoms with Crippen LogP contribution in [0.25, 0.3) is 5.69 Å². The van der Waals surface area contributed by atoms with E-state index in [2.05, 4.69) is 29.0 Å². The molecule has 1 aromatic carbocycles. The Labute approximate surface area is 145 Å². The van der Waals surface area contributed by atoms with Crippen molar-refractivity contribution in [1.82, 2.24) is 14.5 Å². The van der Waals surface area contributed by atoms with Gasteiger partial charge < -0.3 is 5.32 Å². The van der Waals surface area contributed by atoms with E-state index in [-0.39, 0.29) is 5.56 Å². The fraction of sp³-hybridized carbons (Fsp3) is 0.412. The van der Waals surface area contributed by atoms with Gasteiger partial charge in [-0.05, 0) is 38.0 Å². The van der Waals surface area contributed by atoms with Gasteiger partial charge in [-0.3, -0.25) is 14.7 Å². The molecular formula is C17H21ClN4O2. The largest absolute Gasteiger partial charge is 0.358 e. The Hall–Kier alpha value is -2.05. The van der Waals surface area contributed by atoms with Gasteiger partial charge in [0.1, 0.15) is 5.82 Å². The van der Waals surface area contributed by atoms with E-state index in [9.17, 15) is 9.59 Å². The first kappa shape index (κ1) is 16.8. The van der Waals surface area contributed by atoms with Crippen LogP contribution >= 0.6 is 11.6 Å². The predicted molar refractivity (Wildman–Crippen MR) is 96.2 cm³/mol. The molecule has 7 heteroatoms. The van der Waals surface area contributed by atoms with Gasteiger partial charge >= 0.3 is 5.69 Å². The summed E-state index contributed by atoms with van der Waals surface area (Å²) >= 11 is 6.20. The lowest BCUT2D eigenvalue weighted by atomic mass is 10.1. The van der Waals surface area contributed by atoms with E-state index in [0.717, 1.165) is 12.0 Å². The van der Waals surface area contributed by atoms with Crippen molar-refractivity contribution in [2.45, 2.75) is 39.8 Å². The van der Waals surface area contributed by atoms with E-state index in [4.69, 9.17) is 11.6 Å². The Bertz CT molecular complexity index is 887. The Morgan fingerprint density at radius 1 is 1.33 bits per heavy atom. The number of rotatable bonds is 3. The van der Waals surface area contributed by atoms with E-state index in [0.29, 0.717) is 41.3 Å². The van der Waals surface area contributed by atoms with Crippen molar-refractivity contribution in [3.05, 3.63) is 55.2 Å². The zero-order chi connectivity index (χ0) is 17.4. The number of hydrogen-bond acceptors (Lipinski definition) is 4. The fourth-order valence-corrected chi connectivity index (χ4v) is 3.15. The summed E-state index contributed by atoms with van der Waals surface area (Å²) in [6.07, 6.45) is 0.988. The highest BCUT2D eigenvalue weighted by Crippen LogP contribution is 2.26. The molecule has 0 spiro atoms. The summed E-state index contributed by atoms with van der Waals surface area (Å²) in [6.45, 7) is 7.19. The van der Waals surface area contributed by atoms with Gasteiger partial charge in [0, 0.05) is 17.6 Å². The van der Waals surface area contributed by atoms with Crippen LogP contribution < -0.4 is 16.6 Å². The third-order valence-electron chi connectivity index (χ3n) is 4.71. The summed E-state index contributed by atoms with van der Waals surface area (Å²) < 4.78 is 1.51. The van der Waals surface area contributed by atoms with Crippen molar-refractivity contribution in [3.8, 4) is 5.69 Å². The van der Waals surface area contributed by atoms with Gasteiger partial charge in [0.05, 0.1) is 17.9 Å². The first-order chi connectivity index (χ1) is 11.4. The number of nitrogens with zero attached hydrogens (tertiary/aromatic N) is 2. The highest BCUT2D eigenvalue weighted by atomic mass is 35.5. The molecule has 0 unspecified atom stereocenters. The molecule has 2 N–H and O–H groups in total. The summed E-state index contributed by atoms with van der Waals surface area (Å²) in [5.74, 6) is 0.550. The average molecular weight is 349 g/mol. The minimum atomic E-state index is -0.464. The standard InChI is InChI=1S/C17H21ClN4O2/c1-4-10(2)21-8-12-15(19-9-21)22(17(24)20-16(12)23)14-7-5-6-13(18)11(14)3/h5-7,10,19H,4,8-9H2,1-3H3,(H,20,23,24)/t10-/m0/s1. The van der Waals surface area contributed by atoms with Crippen LogP contribution in [-0.4, -0.2) is 27.2 Å². The van der Waals surface area contributed by atoms with Crippen molar-refractivity contribution < 1.29 is 0 Å². The lowest BCUT2D eigenvalue weighted by Gasteiger charge is -2.34. The quantitative estimate of drug-likeness (QED) is 0.894. The maximum Gasteiger partial charge on any atom is 0.334 e. The summed E-state index contributed by atoms with van der Waals surface area (Å²) in [5, 5.41) is 3.83. The Morgan fingerprint density at radius 3 is 2.79 bits per heavy atom. The lowest BCUT2D eigenvalue weighted by Crippen LogP contribution is -2.45. The first-order valence-electron chi connectivity index (χ1n) is 8.05. The summed E-state index contributed by atoms with van der Waals surface area (Å²) in [7, 11) is 0. The third-order valence-corrected chi connectivity index (χ3v) is 5.12. The molecule has 1 aliphatic heterocycles. The number of H-pyrrole nitrogens is 1. The average Bonchev–Trinajstić information content (AvgIpc) is 2.57. The number of fused-ring (bicyclic) bond motifs is 1. The SMILES string of the molecule is CC[C@H](C)N1CNc2c(c(=O)[nH]c(=O)n2-c2cccc(Cl)c2C)C1. The van der Waals surface area contributed by atoms with E-state index in [1.807, 2.05) is 13.0 Å². The highest BCUT2D eigenvalue weighted by molar-refractivity contribution is 6.31. The van der Waals surface area contributed by atoms with Crippen LogP contribution in [-0.2, 0) is 6.54 Å². The number of aromatic nitrogens is 2. The van der Waals surface area contributed by atoms with E-state index >= 15 is 0 Å². The Balaban J connectivity index is 2.19. The summed E-state index contributed by atoms with van der Waals surface area (Å²) in [5.41, 5.74) is 1.23. The molecule has 3 rings (SSSR count). The normalized spacial score (nSPS) is 15.7. The van der Waals surface area contributed by atoms with Crippen molar-refractivity contribution in [3.63, 3.8) is 0 Å². The molecular weight excluding hydrogens is 328 g/mol. The molecule has 1 aliphatic rings. The van der Waals surface area contributed by atoms with Crippen LogP contribution in [0.3, 0.4) is 0 Å². The first-order valence-corrected chi connectivity index (χ1v) is 8.43. The zero-order valence-corrected chi connectivity index (χ0v) is 14.8. The molecule has 0 aliphatic carbocycles. The molecule has 2 aromatic rings. The van der Waals surface area contributed by atoms with Crippen LogP contribution in [0.5, 0.6) is 0 Å². The number of aromatic amines is 1. The Morgan fingerprint density at radius 2 is 2.08 bits per heavy atom. The van der Waals surface area contributed by atoms with Gasteiger partial charge in [-0.2, -0.15) is 0 Å². The number of anilines is 1. The molecule has 0 fully saturated rings. The summed E-state index contributed by atoms with van der Waals surface area (Å²) in [6, 6.07) is 5.74. The molecule has 0 radical (unpaired) electrons. The van der Waals surface area contributed by atoms with E-state index < -0.39 is 5.69 Å². The van der Waals surface area contributed by atoms with Gasteiger partial charge in [0.2, 0.25) is 0 Å². The maximum absolute atomic E-state index is 12.5. The van der Waals surface area contributed by atoms with Gasteiger partial charge in [0.25, 0.3) is 5.56 Å². The van der Waals surface area contributed by atoms with E-state index in [1.165, 1.54) is 4.57 Å². The predicted octanol–water partition coefficient (Wildman–Crippen LogP) is 2.47. The second-order valence-electron chi connectivity index (χ2n) is 6.14. The van der Waals surface area contributed by atoms with Crippen molar-refractivity contribution in [1.29, 1.82) is 0 Å². The maximum atomic E-state index is 12.5. The minimum Gasteiger partial charge on any atom is -0.358 e. The fourth-order valence-electron chi connectivity index (χ4n) is 2.98. The molecule has 0 bridgehead atoms. The smallest absolute Gasteiger partial charge is 0.334 e. The second kappa shape index (κ2) is 6.45. The summed E-state index contributed by atoms with van der Waals surface area (Å²) in [4.78, 5) is 29.4. The number of hydrogen-bond donors (Lipinski definition) is 2. The Kier molecular flexibility index (Phi) is 4.51. The third kappa shape index (κ3) is 2.76. The number of benzene rings is 1. The monoisotopic (exact) mass is 348 g/mol. The molecule has 0 saturated carbocycles. The minimum absolute atomic E-state index is 0.341. The zero-order valence-electron chi connectivity index (χ0n) is 14.0. The second-order valence-corrected chi connectivity index (χ2v) is 6.55. The van der Waals surface area contributed by atoms with Gasteiger partial charge in [-0.25, -0.2) is 9.36 Å². The van der Waals surface area contributed by atoms with Crippen LogP contribution in [0.1, 0.15) is 31.4 Å². The van der Waals surface area contributed by atoms with Crippen molar-refractivity contribution >= 4 is 17.4 Å². The van der Waals surface area contributed by atoms with E-state index in [1.54, 1.807) is 12.1 Å². The van der Waals surface area contributed by atoms with Crippen LogP contribution in [0.4, 0.5) is 5.82 Å². The molecule has 1 atom stereocenters. The highest BCUT2D eigenvalue weighted by Gasteiger charge is 2.26. The molecule has 0 saturated heterocycles. The molecule has 128 valence electrons. The number of halogens is 1.